The molecule has 0 fully saturated rings. The Balaban J connectivity index is 1.87. The molecule has 0 heterocycles. The second-order valence-corrected chi connectivity index (χ2v) is 6.51. The van der Waals surface area contributed by atoms with Crippen LogP contribution in [0.4, 0.5) is 0 Å². The fourth-order valence-corrected chi connectivity index (χ4v) is 2.57. The number of ether oxygens (including phenoxy) is 1. The number of amides is 2. The number of hydrazine groups is 1. The number of methoxy groups -OCH3 is 1. The van der Waals surface area contributed by atoms with E-state index in [2.05, 4.69) is 10.9 Å². The number of nitrogens with one attached hydrogen (secondary N) is 2. The Bertz CT molecular complexity index is 880. The van der Waals surface area contributed by atoms with Crippen LogP contribution in [0.25, 0.3) is 0 Å². The Hall–Kier alpha value is -2.86. The number of hydrogen-bond acceptors (Lipinski definition) is 4. The third-order valence-corrected chi connectivity index (χ3v) is 4.36. The van der Waals surface area contributed by atoms with Crippen LogP contribution in [0.2, 0.25) is 5.02 Å². The molecule has 0 unspecified atom stereocenters. The summed E-state index contributed by atoms with van der Waals surface area (Å²) in [5.41, 5.74) is 7.46. The molecule has 142 valence electrons. The Morgan fingerprint density at radius 1 is 0.963 bits per heavy atom. The zero-order valence-corrected chi connectivity index (χ0v) is 16.1. The molecule has 0 aliphatic heterocycles. The number of aryl methyl sites for hydroxylation is 2. The van der Waals surface area contributed by atoms with Crippen molar-refractivity contribution in [1.29, 1.82) is 0 Å². The molecule has 0 bridgehead atoms. The van der Waals surface area contributed by atoms with Crippen LogP contribution in [0, 0.1) is 13.8 Å². The Morgan fingerprint density at radius 2 is 1.70 bits per heavy atom. The lowest BCUT2D eigenvalue weighted by atomic mass is 10.0. The minimum absolute atomic E-state index is 0.0429. The van der Waals surface area contributed by atoms with Crippen molar-refractivity contribution in [3.8, 4) is 5.75 Å². The van der Waals surface area contributed by atoms with Crippen molar-refractivity contribution in [3.05, 3.63) is 63.7 Å². The standard InChI is InChI=1S/C20H21ClN2O4/c1-12-4-5-14(10-13(12)2)17(24)7-9-19(25)22-23-20(26)16-11-15(21)6-8-18(16)27-3/h4-6,8,10-11H,7,9H2,1-3H3,(H,22,25)(H,23,26). The fourth-order valence-electron chi connectivity index (χ4n) is 2.40. The molecule has 2 aromatic carbocycles. The molecule has 27 heavy (non-hydrogen) atoms. The van der Waals surface area contributed by atoms with E-state index in [-0.39, 0.29) is 24.2 Å². The highest BCUT2D eigenvalue weighted by Crippen LogP contribution is 2.22. The van der Waals surface area contributed by atoms with Crippen molar-refractivity contribution >= 4 is 29.2 Å². The van der Waals surface area contributed by atoms with Gasteiger partial charge in [0.1, 0.15) is 5.75 Å². The topological polar surface area (TPSA) is 84.5 Å². The van der Waals surface area contributed by atoms with Gasteiger partial charge in [0.2, 0.25) is 5.91 Å². The van der Waals surface area contributed by atoms with Gasteiger partial charge in [-0.15, -0.1) is 0 Å². The molecule has 0 saturated carbocycles. The lowest BCUT2D eigenvalue weighted by Crippen LogP contribution is -2.41. The van der Waals surface area contributed by atoms with Gasteiger partial charge in [-0.05, 0) is 49.2 Å². The zero-order chi connectivity index (χ0) is 20.0. The first kappa shape index (κ1) is 20.5. The van der Waals surface area contributed by atoms with Crippen molar-refractivity contribution in [1.82, 2.24) is 10.9 Å². The Morgan fingerprint density at radius 3 is 2.37 bits per heavy atom. The van der Waals surface area contributed by atoms with Crippen molar-refractivity contribution in [2.75, 3.05) is 7.11 Å². The molecule has 2 aromatic rings. The van der Waals surface area contributed by atoms with Gasteiger partial charge in [0, 0.05) is 23.4 Å². The van der Waals surface area contributed by atoms with Gasteiger partial charge in [0.05, 0.1) is 12.7 Å². The summed E-state index contributed by atoms with van der Waals surface area (Å²) in [7, 11) is 1.43. The van der Waals surface area contributed by atoms with Crippen LogP contribution in [0.1, 0.15) is 44.7 Å². The summed E-state index contributed by atoms with van der Waals surface area (Å²) in [5.74, 6) is -0.836. The highest BCUT2D eigenvalue weighted by molar-refractivity contribution is 6.31. The maximum atomic E-state index is 12.2. The third-order valence-electron chi connectivity index (χ3n) is 4.13. The predicted molar refractivity (Wildman–Crippen MR) is 103 cm³/mol. The van der Waals surface area contributed by atoms with Gasteiger partial charge in [-0.3, -0.25) is 25.2 Å². The lowest BCUT2D eigenvalue weighted by molar-refractivity contribution is -0.121. The molecule has 0 aromatic heterocycles. The molecule has 0 saturated heterocycles. The fraction of sp³-hybridized carbons (Fsp3) is 0.250. The van der Waals surface area contributed by atoms with Gasteiger partial charge in [-0.1, -0.05) is 23.7 Å². The van der Waals surface area contributed by atoms with Crippen LogP contribution in [0.3, 0.4) is 0 Å². The summed E-state index contributed by atoms with van der Waals surface area (Å²) in [4.78, 5) is 36.3. The maximum absolute atomic E-state index is 12.2. The zero-order valence-electron chi connectivity index (χ0n) is 15.4. The number of halogens is 1. The van der Waals surface area contributed by atoms with Crippen LogP contribution >= 0.6 is 11.6 Å². The first-order chi connectivity index (χ1) is 12.8. The van der Waals surface area contributed by atoms with Crippen molar-refractivity contribution in [2.24, 2.45) is 0 Å². The molecule has 0 atom stereocenters. The van der Waals surface area contributed by atoms with Gasteiger partial charge >= 0.3 is 0 Å². The van der Waals surface area contributed by atoms with E-state index in [4.69, 9.17) is 16.3 Å². The smallest absolute Gasteiger partial charge is 0.273 e. The number of Topliss-reactive ketones (excluding diaryl/α,β-unsaturated/α-hetero) is 1. The molecule has 7 heteroatoms. The molecule has 6 nitrogen and oxygen atoms in total. The molecule has 2 amide bonds. The van der Waals surface area contributed by atoms with E-state index in [1.54, 1.807) is 18.2 Å². The number of ketones is 1. The summed E-state index contributed by atoms with van der Waals surface area (Å²) in [6, 6.07) is 10.0. The van der Waals surface area contributed by atoms with Crippen LogP contribution in [0.15, 0.2) is 36.4 Å². The quantitative estimate of drug-likeness (QED) is 0.586. The Kier molecular flexibility index (Phi) is 6.96. The summed E-state index contributed by atoms with van der Waals surface area (Å²) in [6.45, 7) is 3.90. The number of hydrogen-bond donors (Lipinski definition) is 2. The average molecular weight is 389 g/mol. The molecule has 0 spiro atoms. The van der Waals surface area contributed by atoms with Crippen molar-refractivity contribution in [3.63, 3.8) is 0 Å². The number of benzene rings is 2. The van der Waals surface area contributed by atoms with E-state index >= 15 is 0 Å². The second kappa shape index (κ2) is 9.19. The predicted octanol–water partition coefficient (Wildman–Crippen LogP) is 3.39. The van der Waals surface area contributed by atoms with Gasteiger partial charge in [-0.25, -0.2) is 0 Å². The Labute approximate surface area is 162 Å². The average Bonchev–Trinajstić information content (AvgIpc) is 2.66. The summed E-state index contributed by atoms with van der Waals surface area (Å²) >= 11 is 5.88. The summed E-state index contributed by atoms with van der Waals surface area (Å²) < 4.78 is 5.10. The highest BCUT2D eigenvalue weighted by Gasteiger charge is 2.15. The summed E-state index contributed by atoms with van der Waals surface area (Å²) in [6.07, 6.45) is 0.00338. The van der Waals surface area contributed by atoms with E-state index in [0.29, 0.717) is 16.3 Å². The van der Waals surface area contributed by atoms with Gasteiger partial charge in [0.15, 0.2) is 5.78 Å². The van der Waals surface area contributed by atoms with E-state index in [0.717, 1.165) is 11.1 Å². The summed E-state index contributed by atoms with van der Waals surface area (Å²) in [5, 5.41) is 0.367. The monoisotopic (exact) mass is 388 g/mol. The first-order valence-corrected chi connectivity index (χ1v) is 8.72. The molecular formula is C20H21ClN2O4. The number of carbonyl (C=O) groups is 3. The van der Waals surface area contributed by atoms with Crippen LogP contribution in [0.5, 0.6) is 5.75 Å². The van der Waals surface area contributed by atoms with E-state index in [1.165, 1.54) is 13.2 Å². The molecule has 2 N–H and O–H groups in total. The third kappa shape index (κ3) is 5.56. The second-order valence-electron chi connectivity index (χ2n) is 6.07. The largest absolute Gasteiger partial charge is 0.496 e. The minimum Gasteiger partial charge on any atom is -0.496 e. The van der Waals surface area contributed by atoms with Gasteiger partial charge in [0.25, 0.3) is 5.91 Å². The molecule has 0 aliphatic rings. The van der Waals surface area contributed by atoms with Gasteiger partial charge < -0.3 is 4.74 Å². The van der Waals surface area contributed by atoms with Crippen molar-refractivity contribution in [2.45, 2.75) is 26.7 Å². The van der Waals surface area contributed by atoms with Gasteiger partial charge in [-0.2, -0.15) is 0 Å². The minimum atomic E-state index is -0.566. The molecule has 0 aliphatic carbocycles. The SMILES string of the molecule is COc1ccc(Cl)cc1C(=O)NNC(=O)CCC(=O)c1ccc(C)c(C)c1. The maximum Gasteiger partial charge on any atom is 0.273 e. The molecule has 2 rings (SSSR count). The van der Waals surface area contributed by atoms with E-state index in [9.17, 15) is 14.4 Å². The highest BCUT2D eigenvalue weighted by atomic mass is 35.5. The molecular weight excluding hydrogens is 368 g/mol. The first-order valence-electron chi connectivity index (χ1n) is 8.35. The van der Waals surface area contributed by atoms with E-state index < -0.39 is 11.8 Å². The van der Waals surface area contributed by atoms with Crippen LogP contribution in [-0.4, -0.2) is 24.7 Å². The van der Waals surface area contributed by atoms with Crippen LogP contribution < -0.4 is 15.6 Å². The lowest BCUT2D eigenvalue weighted by Gasteiger charge is -2.10. The van der Waals surface area contributed by atoms with Crippen LogP contribution in [-0.2, 0) is 4.79 Å². The number of rotatable bonds is 6. The molecule has 0 radical (unpaired) electrons. The van der Waals surface area contributed by atoms with E-state index in [1.807, 2.05) is 26.0 Å². The van der Waals surface area contributed by atoms with Crippen molar-refractivity contribution < 1.29 is 19.1 Å². The number of carbonyl (C=O) groups excluding carboxylic acids is 3. The normalized spacial score (nSPS) is 10.2.